The van der Waals surface area contributed by atoms with Crippen LogP contribution in [0.1, 0.15) is 16.1 Å². The lowest BCUT2D eigenvalue weighted by atomic mass is 10.2. The quantitative estimate of drug-likeness (QED) is 0.875. The third-order valence-corrected chi connectivity index (χ3v) is 2.16. The Kier molecular flexibility index (Phi) is 3.00. The summed E-state index contributed by atoms with van der Waals surface area (Å²) in [5.41, 5.74) is 0.699. The number of para-hydroxylation sites is 1. The van der Waals surface area contributed by atoms with Gasteiger partial charge in [-0.3, -0.25) is 4.98 Å². The van der Waals surface area contributed by atoms with Gasteiger partial charge in [-0.05, 0) is 19.1 Å². The monoisotopic (exact) mass is 230 g/mol. The molecule has 0 fully saturated rings. The van der Waals surface area contributed by atoms with Crippen LogP contribution in [0.15, 0.2) is 36.7 Å². The molecule has 0 saturated heterocycles. The Balaban J connectivity index is 2.37. The summed E-state index contributed by atoms with van der Waals surface area (Å²) >= 11 is 0. The standard InChI is InChI=1S/C12H10N2O3/c1-8-11(14-7-6-13-8)17-10-5-3-2-4-9(10)12(15)16/h2-7H,1H3,(H,15,16). The summed E-state index contributed by atoms with van der Waals surface area (Å²) in [6.45, 7) is 1.74. The first kappa shape index (κ1) is 11.1. The molecule has 0 radical (unpaired) electrons. The van der Waals surface area contributed by atoms with Crippen molar-refractivity contribution in [1.82, 2.24) is 9.97 Å². The third kappa shape index (κ3) is 2.39. The van der Waals surface area contributed by atoms with Gasteiger partial charge in [-0.2, -0.15) is 0 Å². The summed E-state index contributed by atoms with van der Waals surface area (Å²) < 4.78 is 5.45. The summed E-state index contributed by atoms with van der Waals surface area (Å²) in [6, 6.07) is 6.40. The van der Waals surface area contributed by atoms with Crippen LogP contribution in [0.4, 0.5) is 0 Å². The van der Waals surface area contributed by atoms with Gasteiger partial charge in [0.15, 0.2) is 0 Å². The molecule has 1 aromatic carbocycles. The number of aromatic nitrogens is 2. The largest absolute Gasteiger partial charge is 0.478 e. The van der Waals surface area contributed by atoms with Gasteiger partial charge in [-0.1, -0.05) is 12.1 Å². The smallest absolute Gasteiger partial charge is 0.339 e. The van der Waals surface area contributed by atoms with E-state index >= 15 is 0 Å². The van der Waals surface area contributed by atoms with Gasteiger partial charge >= 0.3 is 5.97 Å². The molecule has 0 atom stereocenters. The average Bonchev–Trinajstić information content (AvgIpc) is 2.32. The second-order valence-electron chi connectivity index (χ2n) is 3.35. The number of nitrogens with zero attached hydrogens (tertiary/aromatic N) is 2. The Labute approximate surface area is 97.7 Å². The summed E-state index contributed by atoms with van der Waals surface area (Å²) in [7, 11) is 0. The molecule has 17 heavy (non-hydrogen) atoms. The van der Waals surface area contributed by atoms with Gasteiger partial charge in [-0.25, -0.2) is 9.78 Å². The molecular weight excluding hydrogens is 220 g/mol. The highest BCUT2D eigenvalue weighted by Crippen LogP contribution is 2.24. The van der Waals surface area contributed by atoms with Crippen LogP contribution >= 0.6 is 0 Å². The second-order valence-corrected chi connectivity index (χ2v) is 3.35. The summed E-state index contributed by atoms with van der Waals surface area (Å²) in [5.74, 6) is -0.480. The molecule has 0 amide bonds. The van der Waals surface area contributed by atoms with Crippen molar-refractivity contribution in [3.05, 3.63) is 47.9 Å². The number of aryl methyl sites for hydroxylation is 1. The van der Waals surface area contributed by atoms with E-state index in [4.69, 9.17) is 9.84 Å². The number of rotatable bonds is 3. The zero-order chi connectivity index (χ0) is 12.3. The normalized spacial score (nSPS) is 9.94. The van der Waals surface area contributed by atoms with Gasteiger partial charge in [0.1, 0.15) is 11.3 Å². The fourth-order valence-corrected chi connectivity index (χ4v) is 1.33. The van der Waals surface area contributed by atoms with Gasteiger partial charge in [0, 0.05) is 12.4 Å². The average molecular weight is 230 g/mol. The van der Waals surface area contributed by atoms with Crippen molar-refractivity contribution < 1.29 is 14.6 Å². The topological polar surface area (TPSA) is 72.3 Å². The van der Waals surface area contributed by atoms with E-state index in [1.807, 2.05) is 0 Å². The number of carboxylic acids is 1. The minimum absolute atomic E-state index is 0.0950. The predicted molar refractivity (Wildman–Crippen MR) is 60.2 cm³/mol. The number of aromatic carboxylic acids is 1. The van der Waals surface area contributed by atoms with Gasteiger partial charge < -0.3 is 9.84 Å². The molecule has 0 spiro atoms. The number of hydrogen-bond donors (Lipinski definition) is 1. The van der Waals surface area contributed by atoms with E-state index in [2.05, 4.69) is 9.97 Å². The fraction of sp³-hybridized carbons (Fsp3) is 0.0833. The van der Waals surface area contributed by atoms with Crippen molar-refractivity contribution in [3.63, 3.8) is 0 Å². The molecule has 1 N–H and O–H groups in total. The Morgan fingerprint density at radius 3 is 2.65 bits per heavy atom. The molecule has 0 saturated carbocycles. The molecule has 0 unspecified atom stereocenters. The fourth-order valence-electron chi connectivity index (χ4n) is 1.33. The summed E-state index contributed by atoms with van der Waals surface area (Å²) in [4.78, 5) is 19.0. The molecule has 1 aromatic heterocycles. The van der Waals surface area contributed by atoms with E-state index in [0.29, 0.717) is 11.6 Å². The number of carbonyl (C=O) groups is 1. The first-order valence-corrected chi connectivity index (χ1v) is 4.96. The molecule has 0 aliphatic rings. The summed E-state index contributed by atoms with van der Waals surface area (Å²) in [6.07, 6.45) is 3.04. The SMILES string of the molecule is Cc1nccnc1Oc1ccccc1C(=O)O. The lowest BCUT2D eigenvalue weighted by Gasteiger charge is -2.08. The third-order valence-electron chi connectivity index (χ3n) is 2.16. The van der Waals surface area contributed by atoms with Crippen molar-refractivity contribution in [2.45, 2.75) is 6.92 Å². The second kappa shape index (κ2) is 4.61. The van der Waals surface area contributed by atoms with Crippen molar-refractivity contribution in [3.8, 4) is 11.6 Å². The van der Waals surface area contributed by atoms with Crippen molar-refractivity contribution in [2.24, 2.45) is 0 Å². The van der Waals surface area contributed by atoms with E-state index in [0.717, 1.165) is 0 Å². The van der Waals surface area contributed by atoms with Gasteiger partial charge in [0.05, 0.1) is 5.69 Å². The molecule has 0 aliphatic carbocycles. The van der Waals surface area contributed by atoms with Crippen LogP contribution in [0.2, 0.25) is 0 Å². The molecule has 86 valence electrons. The molecule has 2 rings (SSSR count). The van der Waals surface area contributed by atoms with Gasteiger partial charge in [0.2, 0.25) is 5.88 Å². The molecule has 5 heteroatoms. The van der Waals surface area contributed by atoms with E-state index in [-0.39, 0.29) is 11.3 Å². The molecular formula is C12H10N2O3. The highest BCUT2D eigenvalue weighted by molar-refractivity contribution is 5.90. The van der Waals surface area contributed by atoms with Gasteiger partial charge in [0.25, 0.3) is 0 Å². The Morgan fingerprint density at radius 1 is 1.24 bits per heavy atom. The maximum Gasteiger partial charge on any atom is 0.339 e. The van der Waals surface area contributed by atoms with Crippen LogP contribution < -0.4 is 4.74 Å². The van der Waals surface area contributed by atoms with E-state index in [1.165, 1.54) is 12.3 Å². The minimum Gasteiger partial charge on any atom is -0.478 e. The maximum atomic E-state index is 11.0. The number of benzene rings is 1. The van der Waals surface area contributed by atoms with E-state index in [1.54, 1.807) is 31.3 Å². The van der Waals surface area contributed by atoms with Crippen LogP contribution in [0.3, 0.4) is 0 Å². The van der Waals surface area contributed by atoms with Crippen LogP contribution in [0.5, 0.6) is 11.6 Å². The highest BCUT2D eigenvalue weighted by atomic mass is 16.5. The van der Waals surface area contributed by atoms with Crippen molar-refractivity contribution >= 4 is 5.97 Å². The minimum atomic E-state index is -1.04. The lowest BCUT2D eigenvalue weighted by molar-refractivity contribution is 0.0694. The van der Waals surface area contributed by atoms with E-state index in [9.17, 15) is 4.79 Å². The van der Waals surface area contributed by atoms with Crippen LogP contribution in [-0.4, -0.2) is 21.0 Å². The first-order valence-electron chi connectivity index (χ1n) is 4.96. The van der Waals surface area contributed by atoms with Crippen LogP contribution in [-0.2, 0) is 0 Å². The van der Waals surface area contributed by atoms with Crippen molar-refractivity contribution in [1.29, 1.82) is 0 Å². The van der Waals surface area contributed by atoms with E-state index < -0.39 is 5.97 Å². The maximum absolute atomic E-state index is 11.0. The molecule has 1 heterocycles. The number of carboxylic acid groups (broad SMARTS) is 1. The Morgan fingerprint density at radius 2 is 1.94 bits per heavy atom. The zero-order valence-corrected chi connectivity index (χ0v) is 9.12. The molecule has 0 bridgehead atoms. The number of ether oxygens (including phenoxy) is 1. The zero-order valence-electron chi connectivity index (χ0n) is 9.12. The Hall–Kier alpha value is -2.43. The predicted octanol–water partition coefficient (Wildman–Crippen LogP) is 2.28. The number of hydrogen-bond acceptors (Lipinski definition) is 4. The molecule has 2 aromatic rings. The summed E-state index contributed by atoms with van der Waals surface area (Å²) in [5, 5.41) is 9.00. The lowest BCUT2D eigenvalue weighted by Crippen LogP contribution is -2.01. The van der Waals surface area contributed by atoms with Gasteiger partial charge in [-0.15, -0.1) is 0 Å². The molecule has 0 aliphatic heterocycles. The van der Waals surface area contributed by atoms with Crippen LogP contribution in [0.25, 0.3) is 0 Å². The Bertz CT molecular complexity index is 555. The molecule has 5 nitrogen and oxygen atoms in total. The van der Waals surface area contributed by atoms with Crippen molar-refractivity contribution in [2.75, 3.05) is 0 Å². The van der Waals surface area contributed by atoms with Crippen LogP contribution in [0, 0.1) is 6.92 Å². The first-order chi connectivity index (χ1) is 8.18. The highest BCUT2D eigenvalue weighted by Gasteiger charge is 2.12.